The van der Waals surface area contributed by atoms with Gasteiger partial charge in [-0.1, -0.05) is 32.4 Å². The maximum Gasteiger partial charge on any atom is 0.335 e. The van der Waals surface area contributed by atoms with Gasteiger partial charge in [-0.25, -0.2) is 14.6 Å². The molecule has 31 heavy (non-hydrogen) atoms. The van der Waals surface area contributed by atoms with Crippen molar-refractivity contribution in [3.63, 3.8) is 0 Å². The third-order valence-electron chi connectivity index (χ3n) is 5.34. The molecule has 1 aromatic carbocycles. The molecule has 0 radical (unpaired) electrons. The Morgan fingerprint density at radius 2 is 1.84 bits per heavy atom. The fraction of sp³-hybridized carbons (Fsp3) is 0.391. The lowest BCUT2D eigenvalue weighted by atomic mass is 10.1. The van der Waals surface area contributed by atoms with Crippen molar-refractivity contribution in [2.24, 2.45) is 0 Å². The van der Waals surface area contributed by atoms with E-state index in [1.54, 1.807) is 36.5 Å². The number of benzene rings is 1. The van der Waals surface area contributed by atoms with Gasteiger partial charge >= 0.3 is 12.0 Å². The summed E-state index contributed by atoms with van der Waals surface area (Å²) in [6, 6.07) is 6.40. The van der Waals surface area contributed by atoms with E-state index >= 15 is 0 Å². The first-order chi connectivity index (χ1) is 14.9. The van der Waals surface area contributed by atoms with E-state index in [1.165, 1.54) is 11.9 Å². The molecular weight excluding hydrogens is 396 g/mol. The van der Waals surface area contributed by atoms with Gasteiger partial charge in [0, 0.05) is 26.6 Å². The molecule has 3 rings (SSSR count). The number of carboxylic acid groups (broad SMARTS) is 1. The highest BCUT2D eigenvalue weighted by Gasteiger charge is 2.38. The van der Waals surface area contributed by atoms with Gasteiger partial charge in [-0.2, -0.15) is 0 Å². The minimum atomic E-state index is -0.966. The van der Waals surface area contributed by atoms with Gasteiger partial charge in [0.05, 0.1) is 17.5 Å². The molecule has 1 aromatic heterocycles. The van der Waals surface area contributed by atoms with Crippen molar-refractivity contribution >= 4 is 24.0 Å². The van der Waals surface area contributed by atoms with E-state index in [-0.39, 0.29) is 17.5 Å². The van der Waals surface area contributed by atoms with Crippen LogP contribution in [0.2, 0.25) is 0 Å². The Morgan fingerprint density at radius 1 is 1.13 bits per heavy atom. The fourth-order valence-electron chi connectivity index (χ4n) is 3.56. The maximum absolute atomic E-state index is 12.7. The largest absolute Gasteiger partial charge is 0.478 e. The molecule has 1 aliphatic rings. The van der Waals surface area contributed by atoms with Crippen LogP contribution in [0.3, 0.4) is 0 Å². The van der Waals surface area contributed by atoms with Crippen LogP contribution in [0.25, 0.3) is 6.08 Å². The highest BCUT2D eigenvalue weighted by atomic mass is 16.4. The molecule has 3 amide bonds. The number of amides is 3. The summed E-state index contributed by atoms with van der Waals surface area (Å²) in [5.74, 6) is -0.411. The Balaban J connectivity index is 1.98. The summed E-state index contributed by atoms with van der Waals surface area (Å²) in [5, 5.41) is 9.11. The second-order valence-corrected chi connectivity index (χ2v) is 7.62. The minimum Gasteiger partial charge on any atom is -0.478 e. The molecule has 164 valence electrons. The standard InChI is InChI=1S/C23H28N4O4/c1-4-6-12-26-19(21(28)25(3)23(26)31)13-18-14-24-20(7-5-2)27(18)15-16-8-10-17(11-9-16)22(29)30/h8-11,13-14H,4-7,12,15H2,1-3H3,(H,29,30)/b19-13+. The number of aromatic nitrogens is 2. The number of rotatable bonds is 9. The Hall–Kier alpha value is -3.42. The lowest BCUT2D eigenvalue weighted by Gasteiger charge is -2.16. The molecule has 8 heteroatoms. The second kappa shape index (κ2) is 9.59. The summed E-state index contributed by atoms with van der Waals surface area (Å²) >= 11 is 0. The van der Waals surface area contributed by atoms with Gasteiger partial charge in [-0.05, 0) is 36.6 Å². The zero-order chi connectivity index (χ0) is 22.5. The van der Waals surface area contributed by atoms with Crippen LogP contribution in [0.5, 0.6) is 0 Å². The van der Waals surface area contributed by atoms with E-state index in [1.807, 2.05) is 11.5 Å². The number of hydrogen-bond acceptors (Lipinski definition) is 4. The molecule has 0 saturated carbocycles. The number of carbonyl (C=O) groups is 3. The number of carbonyl (C=O) groups excluding carboxylic acids is 2. The van der Waals surface area contributed by atoms with Crippen LogP contribution in [-0.2, 0) is 17.8 Å². The first-order valence-electron chi connectivity index (χ1n) is 10.5. The number of aromatic carboxylic acids is 1. The van der Waals surface area contributed by atoms with Gasteiger partial charge in [0.15, 0.2) is 0 Å². The number of hydrogen-bond donors (Lipinski definition) is 1. The van der Waals surface area contributed by atoms with Crippen molar-refractivity contribution < 1.29 is 19.5 Å². The van der Waals surface area contributed by atoms with Crippen molar-refractivity contribution in [2.75, 3.05) is 13.6 Å². The molecular formula is C23H28N4O4. The molecule has 2 heterocycles. The molecule has 0 unspecified atom stereocenters. The summed E-state index contributed by atoms with van der Waals surface area (Å²) in [6.45, 7) is 5.09. The third kappa shape index (κ3) is 4.68. The topological polar surface area (TPSA) is 95.7 Å². The van der Waals surface area contributed by atoms with Gasteiger partial charge in [-0.15, -0.1) is 0 Å². The van der Waals surface area contributed by atoms with E-state index in [0.717, 1.165) is 47.7 Å². The van der Waals surface area contributed by atoms with Gasteiger partial charge in [0.1, 0.15) is 11.5 Å². The van der Waals surface area contributed by atoms with Gasteiger partial charge in [0.25, 0.3) is 5.91 Å². The SMILES string of the molecule is CCCCN1C(=O)N(C)C(=O)/C1=C\c1cnc(CCC)n1Cc1ccc(C(=O)O)cc1. The Labute approximate surface area is 181 Å². The number of urea groups is 1. The van der Waals surface area contributed by atoms with Crippen LogP contribution < -0.4 is 0 Å². The van der Waals surface area contributed by atoms with Crippen LogP contribution in [0.4, 0.5) is 4.79 Å². The molecule has 0 bridgehead atoms. The highest BCUT2D eigenvalue weighted by molar-refractivity contribution is 6.13. The third-order valence-corrected chi connectivity index (χ3v) is 5.34. The molecule has 0 atom stereocenters. The van der Waals surface area contributed by atoms with E-state index in [4.69, 9.17) is 5.11 Å². The fourth-order valence-corrected chi connectivity index (χ4v) is 3.56. The molecule has 8 nitrogen and oxygen atoms in total. The molecule has 1 saturated heterocycles. The predicted octanol–water partition coefficient (Wildman–Crippen LogP) is 3.62. The number of likely N-dealkylation sites (N-methyl/N-ethyl adjacent to an activating group) is 1. The number of imidazole rings is 1. The van der Waals surface area contributed by atoms with Crippen LogP contribution in [0.1, 0.15) is 60.5 Å². The summed E-state index contributed by atoms with van der Waals surface area (Å²) < 4.78 is 2.01. The van der Waals surface area contributed by atoms with Crippen molar-refractivity contribution in [1.29, 1.82) is 0 Å². The van der Waals surface area contributed by atoms with Crippen LogP contribution in [0, 0.1) is 0 Å². The average Bonchev–Trinajstić information content (AvgIpc) is 3.21. The Morgan fingerprint density at radius 3 is 2.45 bits per heavy atom. The highest BCUT2D eigenvalue weighted by Crippen LogP contribution is 2.24. The second-order valence-electron chi connectivity index (χ2n) is 7.62. The van der Waals surface area contributed by atoms with E-state index in [0.29, 0.717) is 18.8 Å². The minimum absolute atomic E-state index is 0.232. The number of nitrogens with zero attached hydrogens (tertiary/aromatic N) is 4. The normalized spacial score (nSPS) is 15.4. The molecule has 1 N–H and O–H groups in total. The summed E-state index contributed by atoms with van der Waals surface area (Å²) in [4.78, 5) is 43.5. The first kappa shape index (κ1) is 22.3. The molecule has 1 fully saturated rings. The van der Waals surface area contributed by atoms with Gasteiger partial charge in [-0.3, -0.25) is 14.6 Å². The molecule has 2 aromatic rings. The first-order valence-corrected chi connectivity index (χ1v) is 10.5. The smallest absolute Gasteiger partial charge is 0.335 e. The van der Waals surface area contributed by atoms with Gasteiger partial charge in [0.2, 0.25) is 0 Å². The lowest BCUT2D eigenvalue weighted by molar-refractivity contribution is -0.122. The van der Waals surface area contributed by atoms with Gasteiger partial charge < -0.3 is 9.67 Å². The van der Waals surface area contributed by atoms with Crippen LogP contribution >= 0.6 is 0 Å². The predicted molar refractivity (Wildman–Crippen MR) is 116 cm³/mol. The van der Waals surface area contributed by atoms with Crippen molar-refractivity contribution in [2.45, 2.75) is 46.1 Å². The molecule has 0 spiro atoms. The number of aryl methyl sites for hydroxylation is 1. The summed E-state index contributed by atoms with van der Waals surface area (Å²) in [7, 11) is 1.49. The Bertz CT molecular complexity index is 1010. The summed E-state index contributed by atoms with van der Waals surface area (Å²) in [5.41, 5.74) is 2.24. The average molecular weight is 425 g/mol. The number of carboxylic acids is 1. The zero-order valence-corrected chi connectivity index (χ0v) is 18.2. The van der Waals surface area contributed by atoms with Crippen LogP contribution in [0.15, 0.2) is 36.2 Å². The maximum atomic E-state index is 12.7. The Kier molecular flexibility index (Phi) is 6.89. The molecule has 0 aliphatic carbocycles. The van der Waals surface area contributed by atoms with E-state index in [9.17, 15) is 14.4 Å². The van der Waals surface area contributed by atoms with Crippen LogP contribution in [-0.4, -0.2) is 56.0 Å². The lowest BCUT2D eigenvalue weighted by Crippen LogP contribution is -2.30. The number of unbranched alkanes of at least 4 members (excludes halogenated alkanes) is 1. The zero-order valence-electron chi connectivity index (χ0n) is 18.2. The molecule has 1 aliphatic heterocycles. The quantitative estimate of drug-likeness (QED) is 0.490. The summed E-state index contributed by atoms with van der Waals surface area (Å²) in [6.07, 6.45) is 6.85. The van der Waals surface area contributed by atoms with E-state index in [2.05, 4.69) is 11.9 Å². The van der Waals surface area contributed by atoms with Crippen molar-refractivity contribution in [1.82, 2.24) is 19.4 Å². The monoisotopic (exact) mass is 424 g/mol. The van der Waals surface area contributed by atoms with Crippen molar-refractivity contribution in [3.8, 4) is 0 Å². The number of imide groups is 1. The van der Waals surface area contributed by atoms with Crippen molar-refractivity contribution in [3.05, 3.63) is 58.8 Å². The van der Waals surface area contributed by atoms with E-state index < -0.39 is 5.97 Å².